The third-order valence-corrected chi connectivity index (χ3v) is 4.75. The molecule has 2 heteroatoms. The van der Waals surface area contributed by atoms with Crippen LogP contribution in [0.4, 0.5) is 0 Å². The second-order valence-corrected chi connectivity index (χ2v) is 6.74. The first-order valence-electron chi connectivity index (χ1n) is 9.26. The van der Waals surface area contributed by atoms with Crippen molar-refractivity contribution < 1.29 is 5.11 Å². The summed E-state index contributed by atoms with van der Waals surface area (Å²) >= 11 is 0. The van der Waals surface area contributed by atoms with Crippen molar-refractivity contribution in [3.05, 3.63) is 108 Å². The average molecular weight is 355 g/mol. The highest BCUT2D eigenvalue weighted by molar-refractivity contribution is 5.21. The van der Waals surface area contributed by atoms with Gasteiger partial charge < -0.3 is 5.11 Å². The molecule has 0 saturated heterocycles. The monoisotopic (exact) mass is 355 g/mol. The molecule has 3 aromatic rings. The van der Waals surface area contributed by atoms with Crippen molar-refractivity contribution in [3.63, 3.8) is 0 Å². The quantitative estimate of drug-likeness (QED) is 0.609. The summed E-state index contributed by atoms with van der Waals surface area (Å²) < 4.78 is 0. The van der Waals surface area contributed by atoms with Gasteiger partial charge in [0.1, 0.15) is 6.10 Å². The van der Waals surface area contributed by atoms with E-state index in [1.165, 1.54) is 16.7 Å². The SMILES string of the molecule is C#C[C@H](O)[C@H](Cc1ccccc1)N(Cc1ccccc1)Cc1ccccc1. The first-order valence-corrected chi connectivity index (χ1v) is 9.26. The van der Waals surface area contributed by atoms with Crippen LogP contribution < -0.4 is 0 Å². The summed E-state index contributed by atoms with van der Waals surface area (Å²) in [5, 5.41) is 10.6. The fourth-order valence-electron chi connectivity index (χ4n) is 3.33. The van der Waals surface area contributed by atoms with Crippen LogP contribution in [0.15, 0.2) is 91.0 Å². The van der Waals surface area contributed by atoms with Crippen LogP contribution in [0.25, 0.3) is 0 Å². The standard InChI is InChI=1S/C25H25NO/c1-2-25(27)24(18-21-12-6-3-7-13-21)26(19-22-14-8-4-9-15-22)20-23-16-10-5-11-17-23/h1,3-17,24-25,27H,18-20H2/t24-,25-/m0/s1. The zero-order chi connectivity index (χ0) is 18.9. The predicted octanol–water partition coefficient (Wildman–Crippen LogP) is 4.29. The van der Waals surface area contributed by atoms with E-state index in [2.05, 4.69) is 47.2 Å². The van der Waals surface area contributed by atoms with Crippen molar-refractivity contribution in [3.8, 4) is 12.3 Å². The van der Waals surface area contributed by atoms with Gasteiger partial charge in [-0.1, -0.05) is 96.9 Å². The van der Waals surface area contributed by atoms with E-state index in [9.17, 15) is 5.11 Å². The van der Waals surface area contributed by atoms with E-state index in [1.54, 1.807) is 0 Å². The lowest BCUT2D eigenvalue weighted by atomic mass is 9.98. The van der Waals surface area contributed by atoms with Crippen molar-refractivity contribution in [2.75, 3.05) is 0 Å². The minimum atomic E-state index is -0.836. The molecule has 136 valence electrons. The fraction of sp³-hybridized carbons (Fsp3) is 0.200. The van der Waals surface area contributed by atoms with Crippen LogP contribution in [0.3, 0.4) is 0 Å². The number of aliphatic hydroxyl groups is 1. The largest absolute Gasteiger partial charge is 0.379 e. The van der Waals surface area contributed by atoms with Crippen LogP contribution in [-0.2, 0) is 19.5 Å². The molecule has 2 nitrogen and oxygen atoms in total. The highest BCUT2D eigenvalue weighted by atomic mass is 16.3. The molecule has 27 heavy (non-hydrogen) atoms. The van der Waals surface area contributed by atoms with E-state index in [4.69, 9.17) is 6.42 Å². The molecular formula is C25H25NO. The van der Waals surface area contributed by atoms with Crippen LogP contribution in [0.5, 0.6) is 0 Å². The molecule has 0 spiro atoms. The summed E-state index contributed by atoms with van der Waals surface area (Å²) in [6, 6.07) is 30.7. The number of nitrogens with zero attached hydrogens (tertiary/aromatic N) is 1. The summed E-state index contributed by atoms with van der Waals surface area (Å²) in [5.41, 5.74) is 3.58. The zero-order valence-electron chi connectivity index (χ0n) is 15.4. The van der Waals surface area contributed by atoms with Gasteiger partial charge in [-0.15, -0.1) is 6.42 Å². The van der Waals surface area contributed by atoms with Crippen LogP contribution in [0.2, 0.25) is 0 Å². The van der Waals surface area contributed by atoms with Gasteiger partial charge in [-0.05, 0) is 23.1 Å². The molecule has 0 heterocycles. The molecule has 0 aromatic heterocycles. The minimum Gasteiger partial charge on any atom is -0.379 e. The zero-order valence-corrected chi connectivity index (χ0v) is 15.4. The smallest absolute Gasteiger partial charge is 0.130 e. The summed E-state index contributed by atoms with van der Waals surface area (Å²) in [5.74, 6) is 2.55. The number of hydrogen-bond donors (Lipinski definition) is 1. The Hall–Kier alpha value is -2.86. The van der Waals surface area contributed by atoms with Crippen molar-refractivity contribution in [2.24, 2.45) is 0 Å². The van der Waals surface area contributed by atoms with Gasteiger partial charge in [0.05, 0.1) is 6.04 Å². The molecule has 3 aromatic carbocycles. The normalized spacial score (nSPS) is 13.1. The molecule has 0 aliphatic rings. The lowest BCUT2D eigenvalue weighted by Crippen LogP contribution is -2.44. The van der Waals surface area contributed by atoms with Gasteiger partial charge in [0.25, 0.3) is 0 Å². The van der Waals surface area contributed by atoms with E-state index in [0.717, 1.165) is 13.1 Å². The maximum atomic E-state index is 10.6. The van der Waals surface area contributed by atoms with E-state index in [-0.39, 0.29) is 6.04 Å². The molecule has 0 aliphatic heterocycles. The minimum absolute atomic E-state index is 0.169. The van der Waals surface area contributed by atoms with Gasteiger partial charge >= 0.3 is 0 Å². The van der Waals surface area contributed by atoms with Gasteiger partial charge in [0.2, 0.25) is 0 Å². The number of aliphatic hydroxyl groups excluding tert-OH is 1. The van der Waals surface area contributed by atoms with Crippen molar-refractivity contribution in [2.45, 2.75) is 31.7 Å². The molecule has 1 N–H and O–H groups in total. The molecular weight excluding hydrogens is 330 g/mol. The van der Waals surface area contributed by atoms with E-state index in [0.29, 0.717) is 6.42 Å². The Kier molecular flexibility index (Phi) is 6.82. The van der Waals surface area contributed by atoms with Gasteiger partial charge in [-0.25, -0.2) is 0 Å². The molecule has 0 fully saturated rings. The molecule has 0 amide bonds. The van der Waals surface area contributed by atoms with E-state index >= 15 is 0 Å². The van der Waals surface area contributed by atoms with Gasteiger partial charge in [0, 0.05) is 13.1 Å². The summed E-state index contributed by atoms with van der Waals surface area (Å²) in [6.07, 6.45) is 5.49. The summed E-state index contributed by atoms with van der Waals surface area (Å²) in [6.45, 7) is 1.46. The molecule has 0 radical (unpaired) electrons. The van der Waals surface area contributed by atoms with Gasteiger partial charge in [-0.2, -0.15) is 0 Å². The fourth-order valence-corrected chi connectivity index (χ4v) is 3.33. The lowest BCUT2D eigenvalue weighted by Gasteiger charge is -2.33. The van der Waals surface area contributed by atoms with Gasteiger partial charge in [0.15, 0.2) is 0 Å². The Labute approximate surface area is 162 Å². The van der Waals surface area contributed by atoms with Crippen LogP contribution in [0.1, 0.15) is 16.7 Å². The average Bonchev–Trinajstić information content (AvgIpc) is 2.73. The van der Waals surface area contributed by atoms with Crippen molar-refractivity contribution >= 4 is 0 Å². The van der Waals surface area contributed by atoms with Crippen molar-refractivity contribution in [1.29, 1.82) is 0 Å². The maximum Gasteiger partial charge on any atom is 0.130 e. The highest BCUT2D eigenvalue weighted by Gasteiger charge is 2.25. The summed E-state index contributed by atoms with van der Waals surface area (Å²) in [7, 11) is 0. The highest BCUT2D eigenvalue weighted by Crippen LogP contribution is 2.19. The Morgan fingerprint density at radius 3 is 1.52 bits per heavy atom. The third-order valence-electron chi connectivity index (χ3n) is 4.75. The second kappa shape index (κ2) is 9.73. The molecule has 0 unspecified atom stereocenters. The van der Waals surface area contributed by atoms with E-state index < -0.39 is 6.10 Å². The van der Waals surface area contributed by atoms with Crippen LogP contribution in [0, 0.1) is 12.3 Å². The Morgan fingerprint density at radius 2 is 1.11 bits per heavy atom. The molecule has 0 saturated carbocycles. The number of rotatable bonds is 8. The number of terminal acetylenes is 1. The molecule has 0 bridgehead atoms. The first kappa shape index (κ1) is 18.9. The van der Waals surface area contributed by atoms with E-state index in [1.807, 2.05) is 54.6 Å². The molecule has 0 aliphatic carbocycles. The number of hydrogen-bond acceptors (Lipinski definition) is 2. The lowest BCUT2D eigenvalue weighted by molar-refractivity contribution is 0.0725. The van der Waals surface area contributed by atoms with Crippen LogP contribution in [-0.4, -0.2) is 22.2 Å². The second-order valence-electron chi connectivity index (χ2n) is 6.74. The Morgan fingerprint density at radius 1 is 0.704 bits per heavy atom. The summed E-state index contributed by atoms with van der Waals surface area (Å²) in [4.78, 5) is 2.28. The van der Waals surface area contributed by atoms with Crippen molar-refractivity contribution in [1.82, 2.24) is 4.90 Å². The molecule has 3 rings (SSSR count). The number of benzene rings is 3. The Balaban J connectivity index is 1.89. The molecule has 2 atom stereocenters. The van der Waals surface area contributed by atoms with Gasteiger partial charge in [-0.3, -0.25) is 4.90 Å². The first-order chi connectivity index (χ1) is 13.3. The topological polar surface area (TPSA) is 23.5 Å². The Bertz CT molecular complexity index is 798. The maximum absolute atomic E-state index is 10.6. The van der Waals surface area contributed by atoms with Crippen LogP contribution >= 0.6 is 0 Å². The third kappa shape index (κ3) is 5.56. The predicted molar refractivity (Wildman–Crippen MR) is 111 cm³/mol.